The molecule has 3 rings (SSSR count). The predicted molar refractivity (Wildman–Crippen MR) is 92.8 cm³/mol. The fourth-order valence-corrected chi connectivity index (χ4v) is 3.93. The molecule has 3 heterocycles. The van der Waals surface area contributed by atoms with E-state index in [9.17, 15) is 9.59 Å². The fraction of sp³-hybridized carbons (Fsp3) is 0.722. The number of amides is 1. The molecular formula is C18H28N4O2. The number of nitrogens with zero attached hydrogens (tertiary/aromatic N) is 4. The minimum absolute atomic E-state index is 0.0498. The van der Waals surface area contributed by atoms with Crippen molar-refractivity contribution < 1.29 is 4.79 Å². The van der Waals surface area contributed by atoms with Gasteiger partial charge in [-0.05, 0) is 52.1 Å². The van der Waals surface area contributed by atoms with Crippen LogP contribution in [0.4, 0.5) is 0 Å². The summed E-state index contributed by atoms with van der Waals surface area (Å²) in [6, 6.07) is 0. The Kier molecular flexibility index (Phi) is 5.33. The molecule has 0 N–H and O–H groups in total. The third-order valence-corrected chi connectivity index (χ3v) is 5.43. The van der Waals surface area contributed by atoms with E-state index in [1.54, 1.807) is 24.0 Å². The van der Waals surface area contributed by atoms with E-state index in [-0.39, 0.29) is 11.5 Å². The van der Waals surface area contributed by atoms with Gasteiger partial charge < -0.3 is 9.80 Å². The third kappa shape index (κ3) is 3.86. The number of hydrogen-bond acceptors (Lipinski definition) is 4. The Hall–Kier alpha value is -1.69. The molecule has 132 valence electrons. The molecule has 6 nitrogen and oxygen atoms in total. The summed E-state index contributed by atoms with van der Waals surface area (Å²) in [7, 11) is 2.10. The molecule has 2 aliphatic rings. The molecule has 0 aromatic carbocycles. The van der Waals surface area contributed by atoms with Crippen molar-refractivity contribution in [2.75, 3.05) is 33.2 Å². The first-order chi connectivity index (χ1) is 11.5. The van der Waals surface area contributed by atoms with Crippen molar-refractivity contribution >= 4 is 5.91 Å². The molecule has 1 aromatic rings. The number of carbonyl (C=O) groups is 1. The zero-order valence-electron chi connectivity index (χ0n) is 14.8. The third-order valence-electron chi connectivity index (χ3n) is 5.43. The maximum atomic E-state index is 12.7. The van der Waals surface area contributed by atoms with Gasteiger partial charge in [-0.15, -0.1) is 0 Å². The van der Waals surface area contributed by atoms with Gasteiger partial charge in [0.25, 0.3) is 5.56 Å². The highest BCUT2D eigenvalue weighted by Crippen LogP contribution is 2.23. The molecule has 0 saturated carbocycles. The van der Waals surface area contributed by atoms with E-state index in [4.69, 9.17) is 0 Å². The Morgan fingerprint density at radius 3 is 2.71 bits per heavy atom. The first-order valence-electron chi connectivity index (χ1n) is 9.03. The summed E-state index contributed by atoms with van der Waals surface area (Å²) in [4.78, 5) is 33.2. The van der Waals surface area contributed by atoms with Crippen LogP contribution in [0.1, 0.15) is 31.2 Å². The number of aromatic nitrogens is 2. The second-order valence-corrected chi connectivity index (χ2v) is 7.40. The molecule has 1 amide bonds. The first kappa shape index (κ1) is 17.1. The smallest absolute Gasteiger partial charge is 0.256 e. The van der Waals surface area contributed by atoms with Crippen LogP contribution in [-0.2, 0) is 11.3 Å². The fourth-order valence-electron chi connectivity index (χ4n) is 3.93. The highest BCUT2D eigenvalue weighted by molar-refractivity contribution is 5.79. The van der Waals surface area contributed by atoms with Crippen molar-refractivity contribution in [2.24, 2.45) is 11.8 Å². The van der Waals surface area contributed by atoms with Gasteiger partial charge in [0.2, 0.25) is 5.91 Å². The summed E-state index contributed by atoms with van der Waals surface area (Å²) < 4.78 is 1.72. The lowest BCUT2D eigenvalue weighted by Crippen LogP contribution is -2.47. The first-order valence-corrected chi connectivity index (χ1v) is 9.03. The second kappa shape index (κ2) is 7.47. The highest BCUT2D eigenvalue weighted by atomic mass is 16.2. The monoisotopic (exact) mass is 332 g/mol. The number of carbonyl (C=O) groups excluding carboxylic acids is 1. The molecule has 1 aromatic heterocycles. The van der Waals surface area contributed by atoms with Crippen LogP contribution in [0, 0.1) is 18.8 Å². The normalized spacial score (nSPS) is 23.4. The molecule has 1 unspecified atom stereocenters. The Morgan fingerprint density at radius 2 is 2.00 bits per heavy atom. The van der Waals surface area contributed by atoms with Crippen LogP contribution < -0.4 is 5.56 Å². The summed E-state index contributed by atoms with van der Waals surface area (Å²) in [6.07, 6.45) is 7.31. The SMILES string of the molecule is Cc1cncn(CC2CCN(C(=O)C3CCCN(C)C3)CC2)c1=O. The quantitative estimate of drug-likeness (QED) is 0.833. The molecule has 0 aliphatic carbocycles. The van der Waals surface area contributed by atoms with Crippen molar-refractivity contribution in [1.82, 2.24) is 19.4 Å². The molecule has 6 heteroatoms. The Morgan fingerprint density at radius 1 is 1.25 bits per heavy atom. The molecule has 2 saturated heterocycles. The molecular weight excluding hydrogens is 304 g/mol. The maximum absolute atomic E-state index is 12.7. The molecule has 24 heavy (non-hydrogen) atoms. The van der Waals surface area contributed by atoms with Crippen LogP contribution in [0.2, 0.25) is 0 Å². The zero-order chi connectivity index (χ0) is 17.1. The Labute approximate surface area is 143 Å². The average Bonchev–Trinajstić information content (AvgIpc) is 2.59. The minimum atomic E-state index is 0.0498. The van der Waals surface area contributed by atoms with Crippen molar-refractivity contribution in [3.05, 3.63) is 28.4 Å². The van der Waals surface area contributed by atoms with Crippen LogP contribution in [0.5, 0.6) is 0 Å². The predicted octanol–water partition coefficient (Wildman–Crippen LogP) is 1.13. The van der Waals surface area contributed by atoms with E-state index in [1.165, 1.54) is 0 Å². The van der Waals surface area contributed by atoms with Crippen LogP contribution in [0.3, 0.4) is 0 Å². The lowest BCUT2D eigenvalue weighted by molar-refractivity contribution is -0.138. The van der Waals surface area contributed by atoms with Gasteiger partial charge in [-0.25, -0.2) is 4.98 Å². The molecule has 0 radical (unpaired) electrons. The number of hydrogen-bond donors (Lipinski definition) is 0. The minimum Gasteiger partial charge on any atom is -0.342 e. The second-order valence-electron chi connectivity index (χ2n) is 7.40. The molecule has 2 aliphatic heterocycles. The maximum Gasteiger partial charge on any atom is 0.256 e. The lowest BCUT2D eigenvalue weighted by Gasteiger charge is -2.37. The average molecular weight is 332 g/mol. The lowest BCUT2D eigenvalue weighted by atomic mass is 9.93. The highest BCUT2D eigenvalue weighted by Gasteiger charge is 2.30. The molecule has 0 bridgehead atoms. The Bertz CT molecular complexity index is 634. The van der Waals surface area contributed by atoms with Gasteiger partial charge in [-0.1, -0.05) is 0 Å². The van der Waals surface area contributed by atoms with Gasteiger partial charge in [0.1, 0.15) is 0 Å². The van der Waals surface area contributed by atoms with Gasteiger partial charge in [0.15, 0.2) is 0 Å². The van der Waals surface area contributed by atoms with Gasteiger partial charge in [0, 0.05) is 37.9 Å². The van der Waals surface area contributed by atoms with E-state index in [0.717, 1.165) is 51.9 Å². The van der Waals surface area contributed by atoms with E-state index in [0.29, 0.717) is 23.9 Å². The van der Waals surface area contributed by atoms with Crippen LogP contribution in [0.25, 0.3) is 0 Å². The Balaban J connectivity index is 1.53. The van der Waals surface area contributed by atoms with Crippen molar-refractivity contribution in [3.63, 3.8) is 0 Å². The molecule has 0 spiro atoms. The number of piperidine rings is 2. The number of rotatable bonds is 3. The van der Waals surface area contributed by atoms with E-state index in [1.807, 2.05) is 4.90 Å². The van der Waals surface area contributed by atoms with Gasteiger partial charge in [-0.2, -0.15) is 0 Å². The van der Waals surface area contributed by atoms with Crippen molar-refractivity contribution in [3.8, 4) is 0 Å². The van der Waals surface area contributed by atoms with Gasteiger partial charge in [-0.3, -0.25) is 14.2 Å². The van der Waals surface area contributed by atoms with Crippen molar-refractivity contribution in [2.45, 2.75) is 39.2 Å². The van der Waals surface area contributed by atoms with E-state index in [2.05, 4.69) is 16.9 Å². The summed E-state index contributed by atoms with van der Waals surface area (Å²) in [6.45, 7) is 6.14. The standard InChI is InChI=1S/C18H28N4O2/c1-14-10-19-13-22(17(14)23)11-15-5-8-21(9-6-15)18(24)16-4-3-7-20(2)12-16/h10,13,15-16H,3-9,11-12H2,1-2H3. The summed E-state index contributed by atoms with van der Waals surface area (Å²) in [5.41, 5.74) is 0.736. The van der Waals surface area contributed by atoms with Crippen LogP contribution in [0.15, 0.2) is 17.3 Å². The topological polar surface area (TPSA) is 58.4 Å². The van der Waals surface area contributed by atoms with Crippen LogP contribution >= 0.6 is 0 Å². The molecule has 2 fully saturated rings. The largest absolute Gasteiger partial charge is 0.342 e. The van der Waals surface area contributed by atoms with Gasteiger partial charge >= 0.3 is 0 Å². The molecule has 1 atom stereocenters. The zero-order valence-corrected chi connectivity index (χ0v) is 14.8. The number of likely N-dealkylation sites (tertiary alicyclic amines) is 2. The summed E-state index contributed by atoms with van der Waals surface area (Å²) in [5, 5.41) is 0. The van der Waals surface area contributed by atoms with Crippen molar-refractivity contribution in [1.29, 1.82) is 0 Å². The van der Waals surface area contributed by atoms with E-state index >= 15 is 0 Å². The van der Waals surface area contributed by atoms with Gasteiger partial charge in [0.05, 0.1) is 12.2 Å². The van der Waals surface area contributed by atoms with E-state index < -0.39 is 0 Å². The number of aryl methyl sites for hydroxylation is 1. The summed E-state index contributed by atoms with van der Waals surface area (Å²) in [5.74, 6) is 0.947. The summed E-state index contributed by atoms with van der Waals surface area (Å²) >= 11 is 0. The van der Waals surface area contributed by atoms with Crippen LogP contribution in [-0.4, -0.2) is 58.5 Å².